The lowest BCUT2D eigenvalue weighted by Crippen LogP contribution is -2.44. The number of aliphatic hydroxyl groups is 1. The number of carbonyl (C=O) groups is 4. The van der Waals surface area contributed by atoms with E-state index in [4.69, 9.17) is 19.2 Å². The Hall–Kier alpha value is -4.35. The van der Waals surface area contributed by atoms with Crippen molar-refractivity contribution in [2.24, 2.45) is 0 Å². The van der Waals surface area contributed by atoms with E-state index in [2.05, 4.69) is 16.0 Å². The largest absolute Gasteiger partial charge is 0.458 e. The zero-order valence-corrected chi connectivity index (χ0v) is 35.4. The highest BCUT2D eigenvalue weighted by Gasteiger charge is 2.46. The molecule has 0 saturated heterocycles. The molecule has 2 aromatic heterocycles. The summed E-state index contributed by atoms with van der Waals surface area (Å²) in [5.41, 5.74) is 1.43. The van der Waals surface area contributed by atoms with E-state index >= 15 is 4.39 Å². The van der Waals surface area contributed by atoms with Crippen LogP contribution in [-0.2, 0) is 49.0 Å². The first-order chi connectivity index (χ1) is 27.5. The Kier molecular flexibility index (Phi) is 13.3. The zero-order chi connectivity index (χ0) is 41.9. The van der Waals surface area contributed by atoms with Crippen molar-refractivity contribution in [2.75, 3.05) is 25.4 Å². The average Bonchev–Trinajstić information content (AvgIpc) is 3.54. The van der Waals surface area contributed by atoms with Crippen LogP contribution in [0.1, 0.15) is 113 Å². The van der Waals surface area contributed by atoms with Gasteiger partial charge in [-0.15, -0.1) is 0 Å². The lowest BCUT2D eigenvalue weighted by atomic mass is 9.81. The molecule has 3 amide bonds. The Balaban J connectivity index is 1.02. The smallest absolute Gasteiger partial charge is 0.407 e. The second kappa shape index (κ2) is 17.9. The molecule has 3 aliphatic rings. The number of fused-ring (bicyclic) bond motifs is 5. The van der Waals surface area contributed by atoms with Crippen LogP contribution in [0.5, 0.6) is 0 Å². The number of hydrogen-bond acceptors (Lipinski definition) is 12. The average molecular weight is 842 g/mol. The molecule has 14 nitrogen and oxygen atoms in total. The van der Waals surface area contributed by atoms with E-state index in [1.54, 1.807) is 62.3 Å². The van der Waals surface area contributed by atoms with Crippen LogP contribution >= 0.6 is 21.6 Å². The van der Waals surface area contributed by atoms with Crippen molar-refractivity contribution in [3.05, 3.63) is 61.7 Å². The number of hydrogen-bond donors (Lipinski definition) is 4. The fourth-order valence-electron chi connectivity index (χ4n) is 7.63. The van der Waals surface area contributed by atoms with Gasteiger partial charge in [0, 0.05) is 53.1 Å². The molecule has 314 valence electrons. The van der Waals surface area contributed by atoms with Gasteiger partial charge in [0.2, 0.25) is 5.91 Å². The number of rotatable bonds is 15. The number of cyclic esters (lactones) is 1. The zero-order valence-electron chi connectivity index (χ0n) is 33.8. The summed E-state index contributed by atoms with van der Waals surface area (Å²) in [5, 5.41) is 20.7. The number of aryl methyl sites for hydroxylation is 1. The second-order valence-electron chi connectivity index (χ2n) is 16.0. The highest BCUT2D eigenvalue weighted by atomic mass is 33.1. The van der Waals surface area contributed by atoms with Gasteiger partial charge < -0.3 is 39.8 Å². The van der Waals surface area contributed by atoms with Gasteiger partial charge in [0.1, 0.15) is 24.6 Å². The molecular formula is C41H52FN5O9S2. The van der Waals surface area contributed by atoms with Gasteiger partial charge in [-0.1, -0.05) is 28.5 Å². The number of ether oxygens (including phenoxy) is 3. The van der Waals surface area contributed by atoms with Crippen molar-refractivity contribution < 1.29 is 42.9 Å². The van der Waals surface area contributed by atoms with Crippen molar-refractivity contribution in [3.8, 4) is 11.4 Å². The standard InChI is InChI=1S/C41H52FN5O9S2/c1-7-41(53)27-17-31-35-25(19-47(31)36(49)26(27)21-54-37(41)50)34-29(13-12-24-23(3)28(42)18-30(45-35)33(24)34)46-39(52)55-20-22(2)58-57-16-10-11-32(48)43-14-8-9-15-44-38(51)56-40(4,5)6/h17-18,22,29,53H,7-16,19-21H2,1-6H3,(H,43,48)(H,44,51)(H,46,52)/t22?,29-,41-/m0/s1. The summed E-state index contributed by atoms with van der Waals surface area (Å²) < 4.78 is 32.9. The molecule has 3 atom stereocenters. The Labute approximate surface area is 344 Å². The van der Waals surface area contributed by atoms with E-state index in [1.807, 2.05) is 6.92 Å². The molecule has 0 spiro atoms. The summed E-state index contributed by atoms with van der Waals surface area (Å²) in [6, 6.07) is 2.48. The lowest BCUT2D eigenvalue weighted by Gasteiger charge is -2.31. The third-order valence-corrected chi connectivity index (χ3v) is 13.5. The van der Waals surface area contributed by atoms with Gasteiger partial charge in [-0.25, -0.2) is 23.8 Å². The molecule has 3 aromatic rings. The fraction of sp³-hybridized carbons (Fsp3) is 0.561. The van der Waals surface area contributed by atoms with Gasteiger partial charge in [-0.2, -0.15) is 0 Å². The van der Waals surface area contributed by atoms with E-state index < -0.39 is 46.8 Å². The van der Waals surface area contributed by atoms with Gasteiger partial charge in [0.25, 0.3) is 5.56 Å². The number of nitrogens with zero attached hydrogens (tertiary/aromatic N) is 2. The molecule has 0 fully saturated rings. The van der Waals surface area contributed by atoms with Gasteiger partial charge >= 0.3 is 18.2 Å². The minimum atomic E-state index is -1.99. The quantitative estimate of drug-likeness (QED) is 0.0460. The monoisotopic (exact) mass is 841 g/mol. The Morgan fingerprint density at radius 2 is 1.84 bits per heavy atom. The number of amides is 3. The first kappa shape index (κ1) is 43.2. The molecule has 1 aliphatic carbocycles. The van der Waals surface area contributed by atoms with Gasteiger partial charge in [0.15, 0.2) is 5.60 Å². The van der Waals surface area contributed by atoms with Crippen LogP contribution in [0.2, 0.25) is 0 Å². The molecule has 6 rings (SSSR count). The maximum atomic E-state index is 15.3. The van der Waals surface area contributed by atoms with Crippen LogP contribution in [-0.4, -0.2) is 75.0 Å². The number of unbranched alkanes of at least 4 members (excludes halogenated alkanes) is 1. The molecular weight excluding hydrogens is 790 g/mol. The van der Waals surface area contributed by atoms with Gasteiger partial charge in [-0.05, 0) is 95.9 Å². The minimum absolute atomic E-state index is 0.00270. The topological polar surface area (TPSA) is 187 Å². The minimum Gasteiger partial charge on any atom is -0.458 e. The molecule has 58 heavy (non-hydrogen) atoms. The number of aromatic nitrogens is 2. The number of alkyl carbamates (subject to hydrolysis) is 2. The van der Waals surface area contributed by atoms with Crippen molar-refractivity contribution in [2.45, 2.75) is 122 Å². The number of benzene rings is 1. The summed E-state index contributed by atoms with van der Waals surface area (Å²) in [5.74, 6) is -0.499. The third-order valence-electron chi connectivity index (χ3n) is 10.6. The Morgan fingerprint density at radius 3 is 2.57 bits per heavy atom. The molecule has 0 saturated carbocycles. The van der Waals surface area contributed by atoms with Crippen molar-refractivity contribution in [1.29, 1.82) is 0 Å². The van der Waals surface area contributed by atoms with Crippen LogP contribution < -0.4 is 21.5 Å². The number of esters is 1. The number of nitrogens with one attached hydrogen (secondary N) is 3. The Bertz CT molecular complexity index is 2170. The normalized spacial score (nSPS) is 18.4. The molecule has 1 unspecified atom stereocenters. The highest BCUT2D eigenvalue weighted by Crippen LogP contribution is 2.46. The number of halogens is 1. The van der Waals surface area contributed by atoms with E-state index in [9.17, 15) is 29.1 Å². The number of pyridine rings is 2. The van der Waals surface area contributed by atoms with E-state index in [0.29, 0.717) is 66.8 Å². The lowest BCUT2D eigenvalue weighted by molar-refractivity contribution is -0.172. The van der Waals surface area contributed by atoms with E-state index in [1.165, 1.54) is 10.6 Å². The predicted molar refractivity (Wildman–Crippen MR) is 220 cm³/mol. The summed E-state index contributed by atoms with van der Waals surface area (Å²) in [6.45, 7) is 11.8. The maximum Gasteiger partial charge on any atom is 0.407 e. The first-order valence-electron chi connectivity index (χ1n) is 19.8. The van der Waals surface area contributed by atoms with Crippen LogP contribution in [0, 0.1) is 12.7 Å². The molecule has 1 aromatic carbocycles. The van der Waals surface area contributed by atoms with Gasteiger partial charge in [0.05, 0.1) is 35.1 Å². The Morgan fingerprint density at radius 1 is 1.10 bits per heavy atom. The molecule has 4 heterocycles. The molecule has 17 heteroatoms. The summed E-state index contributed by atoms with van der Waals surface area (Å²) in [7, 11) is 3.18. The van der Waals surface area contributed by atoms with Gasteiger partial charge in [-0.3, -0.25) is 9.59 Å². The van der Waals surface area contributed by atoms with Crippen molar-refractivity contribution >= 4 is 56.6 Å². The van der Waals surface area contributed by atoms with Crippen molar-refractivity contribution in [1.82, 2.24) is 25.5 Å². The maximum absolute atomic E-state index is 15.3. The second-order valence-corrected chi connectivity index (χ2v) is 18.9. The number of carbonyl (C=O) groups excluding carboxylic acids is 4. The third kappa shape index (κ3) is 9.26. The molecule has 4 N–H and O–H groups in total. The summed E-state index contributed by atoms with van der Waals surface area (Å²) in [4.78, 5) is 68.6. The molecule has 0 radical (unpaired) electrons. The van der Waals surface area contributed by atoms with Crippen LogP contribution in [0.3, 0.4) is 0 Å². The molecule has 0 bridgehead atoms. The summed E-state index contributed by atoms with van der Waals surface area (Å²) in [6.07, 6.45) is 2.47. The van der Waals surface area contributed by atoms with E-state index in [0.717, 1.165) is 35.1 Å². The van der Waals surface area contributed by atoms with E-state index in [-0.39, 0.29) is 48.5 Å². The molecule has 2 aliphatic heterocycles. The van der Waals surface area contributed by atoms with Crippen LogP contribution in [0.15, 0.2) is 16.9 Å². The van der Waals surface area contributed by atoms with Crippen molar-refractivity contribution in [3.63, 3.8) is 0 Å². The first-order valence-corrected chi connectivity index (χ1v) is 22.2. The van der Waals surface area contributed by atoms with Crippen LogP contribution in [0.4, 0.5) is 14.0 Å². The summed E-state index contributed by atoms with van der Waals surface area (Å²) >= 11 is 0. The predicted octanol–water partition coefficient (Wildman–Crippen LogP) is 6.21. The SMILES string of the molecule is CC[C@@]1(O)C(=O)OCc2c1cc1n(c2=O)Cc2c-1nc1cc(F)c(C)c3c1c2[C@@H](NC(=O)OCC(C)SSCCCC(=O)NCCCCNC(=O)OC(C)(C)C)CC3. The fourth-order valence-corrected chi connectivity index (χ4v) is 9.85. The highest BCUT2D eigenvalue weighted by molar-refractivity contribution is 8.76. The van der Waals surface area contributed by atoms with Crippen LogP contribution in [0.25, 0.3) is 22.3 Å².